The number of halogens is 5. The van der Waals surface area contributed by atoms with E-state index in [1.807, 2.05) is 4.90 Å². The van der Waals surface area contributed by atoms with E-state index in [-0.39, 0.29) is 12.0 Å². The molecule has 1 N–H and O–H groups in total. The average Bonchev–Trinajstić information content (AvgIpc) is 2.35. The zero-order valence-electron chi connectivity index (χ0n) is 11.2. The van der Waals surface area contributed by atoms with Crippen molar-refractivity contribution in [3.05, 3.63) is 0 Å². The van der Waals surface area contributed by atoms with Gasteiger partial charge in [0.2, 0.25) is 0 Å². The van der Waals surface area contributed by atoms with Crippen LogP contribution in [0.15, 0.2) is 0 Å². The Morgan fingerprint density at radius 3 is 1.81 bits per heavy atom. The Labute approximate surface area is 130 Å². The van der Waals surface area contributed by atoms with Gasteiger partial charge < -0.3 is 4.74 Å². The van der Waals surface area contributed by atoms with E-state index in [0.29, 0.717) is 24.8 Å². The average molecular weight is 378 g/mol. The van der Waals surface area contributed by atoms with Crippen LogP contribution in [-0.4, -0.2) is 67.3 Å². The lowest BCUT2D eigenvalue weighted by Gasteiger charge is -2.25. The van der Waals surface area contributed by atoms with E-state index >= 15 is 0 Å². The van der Waals surface area contributed by atoms with Crippen LogP contribution in [0.2, 0.25) is 0 Å². The molecule has 0 saturated heterocycles. The smallest absolute Gasteiger partial charge is 0.468 e. The van der Waals surface area contributed by atoms with Gasteiger partial charge in [-0.1, -0.05) is 0 Å². The number of ether oxygens (including phenoxy) is 1. The van der Waals surface area contributed by atoms with Crippen molar-refractivity contribution in [1.29, 1.82) is 0 Å². The SMILES string of the molecule is COC(=O)[C@@H](C)N(CCCl)CCCl.O=S(=O)(O)C(F)(F)F. The van der Waals surface area contributed by atoms with E-state index in [1.54, 1.807) is 6.92 Å². The lowest BCUT2D eigenvalue weighted by Crippen LogP contribution is -2.41. The maximum atomic E-state index is 11.2. The second-order valence-electron chi connectivity index (χ2n) is 3.53. The van der Waals surface area contributed by atoms with E-state index < -0.39 is 15.6 Å². The van der Waals surface area contributed by atoms with Crippen molar-refractivity contribution in [2.45, 2.75) is 18.5 Å². The van der Waals surface area contributed by atoms with Gasteiger partial charge in [-0.15, -0.1) is 23.2 Å². The van der Waals surface area contributed by atoms with Gasteiger partial charge in [0.05, 0.1) is 7.11 Å². The lowest BCUT2D eigenvalue weighted by atomic mass is 10.3. The van der Waals surface area contributed by atoms with Crippen LogP contribution in [-0.2, 0) is 19.6 Å². The fourth-order valence-electron chi connectivity index (χ4n) is 1.04. The zero-order chi connectivity index (χ0) is 17.3. The largest absolute Gasteiger partial charge is 0.522 e. The number of rotatable bonds is 6. The molecule has 0 radical (unpaired) electrons. The summed E-state index contributed by atoms with van der Waals surface area (Å²) in [5, 5.41) is 0. The molecule has 6 nitrogen and oxygen atoms in total. The molecule has 0 spiro atoms. The van der Waals surface area contributed by atoms with Gasteiger partial charge in [0.15, 0.2) is 0 Å². The van der Waals surface area contributed by atoms with Gasteiger partial charge in [0, 0.05) is 24.8 Å². The van der Waals surface area contributed by atoms with Crippen LogP contribution in [0.5, 0.6) is 0 Å². The molecule has 0 aromatic heterocycles. The Morgan fingerprint density at radius 2 is 1.62 bits per heavy atom. The summed E-state index contributed by atoms with van der Waals surface area (Å²) in [4.78, 5) is 13.0. The molecule has 0 aromatic rings. The molecule has 0 aliphatic heterocycles. The standard InChI is InChI=1S/C8H15Cl2NO2.CHF3O3S/c1-7(8(12)13-2)11(5-3-9)6-4-10;2-1(3,4)8(5,6)7/h7H,3-6H2,1-2H3;(H,5,6,7)/t7-;/m1./s1. The summed E-state index contributed by atoms with van der Waals surface area (Å²) in [5.74, 6) is 0.714. The summed E-state index contributed by atoms with van der Waals surface area (Å²) >= 11 is 11.2. The Bertz CT molecular complexity index is 399. The molecule has 128 valence electrons. The molecule has 21 heavy (non-hydrogen) atoms. The lowest BCUT2D eigenvalue weighted by molar-refractivity contribution is -0.146. The third-order valence-corrected chi connectivity index (χ3v) is 3.05. The maximum Gasteiger partial charge on any atom is 0.522 e. The number of carbonyl (C=O) groups is 1. The van der Waals surface area contributed by atoms with Crippen molar-refractivity contribution in [1.82, 2.24) is 4.90 Å². The fraction of sp³-hybridized carbons (Fsp3) is 0.889. The first kappa shape index (κ1) is 23.0. The molecule has 0 amide bonds. The third-order valence-electron chi connectivity index (χ3n) is 2.13. The molecule has 0 aliphatic rings. The summed E-state index contributed by atoms with van der Waals surface area (Å²) in [7, 11) is -4.47. The van der Waals surface area contributed by atoms with Crippen LogP contribution >= 0.6 is 23.2 Å². The molecule has 0 bridgehead atoms. The highest BCUT2D eigenvalue weighted by molar-refractivity contribution is 7.86. The summed E-state index contributed by atoms with van der Waals surface area (Å²) in [6, 6.07) is -0.275. The summed E-state index contributed by atoms with van der Waals surface area (Å²) < 4.78 is 62.2. The van der Waals surface area contributed by atoms with Crippen LogP contribution in [0.1, 0.15) is 6.92 Å². The van der Waals surface area contributed by atoms with Gasteiger partial charge in [0.1, 0.15) is 6.04 Å². The monoisotopic (exact) mass is 377 g/mol. The Morgan fingerprint density at radius 1 is 1.29 bits per heavy atom. The third kappa shape index (κ3) is 10.1. The minimum atomic E-state index is -5.84. The van der Waals surface area contributed by atoms with Gasteiger partial charge in [0.25, 0.3) is 0 Å². The Balaban J connectivity index is 0. The number of hydrogen-bond acceptors (Lipinski definition) is 5. The molecule has 0 rings (SSSR count). The molecule has 0 unspecified atom stereocenters. The van der Waals surface area contributed by atoms with E-state index in [1.165, 1.54) is 7.11 Å². The van der Waals surface area contributed by atoms with Crippen LogP contribution in [0.25, 0.3) is 0 Å². The van der Waals surface area contributed by atoms with E-state index in [2.05, 4.69) is 4.74 Å². The van der Waals surface area contributed by atoms with Crippen LogP contribution in [0.4, 0.5) is 13.2 Å². The molecule has 0 heterocycles. The van der Waals surface area contributed by atoms with Gasteiger partial charge in [-0.25, -0.2) is 0 Å². The number of alkyl halides is 5. The second kappa shape index (κ2) is 10.4. The predicted octanol–water partition coefficient (Wildman–Crippen LogP) is 1.72. The van der Waals surface area contributed by atoms with Crippen LogP contribution < -0.4 is 0 Å². The number of methoxy groups -OCH3 is 1. The van der Waals surface area contributed by atoms with Gasteiger partial charge >= 0.3 is 21.6 Å². The van der Waals surface area contributed by atoms with E-state index in [4.69, 9.17) is 36.2 Å². The summed E-state index contributed by atoms with van der Waals surface area (Å²) in [6.07, 6.45) is 0. The first-order valence-electron chi connectivity index (χ1n) is 5.39. The number of nitrogens with zero attached hydrogens (tertiary/aromatic N) is 1. The molecule has 0 fully saturated rings. The molecule has 0 saturated carbocycles. The minimum Gasteiger partial charge on any atom is -0.468 e. The second-order valence-corrected chi connectivity index (χ2v) is 5.70. The van der Waals surface area contributed by atoms with Gasteiger partial charge in [-0.05, 0) is 6.92 Å². The Hall–Kier alpha value is -0.290. The van der Waals surface area contributed by atoms with Crippen molar-refractivity contribution in [3.8, 4) is 0 Å². The zero-order valence-corrected chi connectivity index (χ0v) is 13.6. The highest BCUT2D eigenvalue weighted by Gasteiger charge is 2.44. The van der Waals surface area contributed by atoms with E-state index in [0.717, 1.165) is 0 Å². The molecule has 0 aliphatic carbocycles. The van der Waals surface area contributed by atoms with Crippen molar-refractivity contribution >= 4 is 39.3 Å². The number of carbonyl (C=O) groups excluding carboxylic acids is 1. The number of esters is 1. The highest BCUT2D eigenvalue weighted by Crippen LogP contribution is 2.20. The quantitative estimate of drug-likeness (QED) is 0.328. The molecule has 1 atom stereocenters. The molecule has 12 heteroatoms. The highest BCUT2D eigenvalue weighted by atomic mass is 35.5. The normalized spacial score (nSPS) is 13.4. The summed E-state index contributed by atoms with van der Waals surface area (Å²) in [6.45, 7) is 3.07. The van der Waals surface area contributed by atoms with Gasteiger partial charge in [-0.2, -0.15) is 21.6 Å². The fourth-order valence-corrected chi connectivity index (χ4v) is 1.47. The molecule has 0 aromatic carbocycles. The minimum absolute atomic E-state index is 0.254. The summed E-state index contributed by atoms with van der Waals surface area (Å²) in [5.41, 5.74) is -5.53. The topological polar surface area (TPSA) is 83.9 Å². The van der Waals surface area contributed by atoms with Gasteiger partial charge in [-0.3, -0.25) is 14.2 Å². The first-order chi connectivity index (χ1) is 9.42. The van der Waals surface area contributed by atoms with Crippen molar-refractivity contribution in [2.75, 3.05) is 32.0 Å². The van der Waals surface area contributed by atoms with Crippen molar-refractivity contribution in [2.24, 2.45) is 0 Å². The van der Waals surface area contributed by atoms with Crippen molar-refractivity contribution in [3.63, 3.8) is 0 Å². The maximum absolute atomic E-state index is 11.2. The predicted molar refractivity (Wildman–Crippen MR) is 72.1 cm³/mol. The van der Waals surface area contributed by atoms with Crippen LogP contribution in [0, 0.1) is 0 Å². The Kier molecular flexibility index (Phi) is 11.4. The van der Waals surface area contributed by atoms with E-state index in [9.17, 15) is 18.0 Å². The van der Waals surface area contributed by atoms with Crippen LogP contribution in [0.3, 0.4) is 0 Å². The number of hydrogen-bond donors (Lipinski definition) is 1. The van der Waals surface area contributed by atoms with Crippen molar-refractivity contribution < 1.29 is 35.7 Å². The molecular formula is C9H16Cl2F3NO5S. The molecular weight excluding hydrogens is 362 g/mol. The first-order valence-corrected chi connectivity index (χ1v) is 7.90.